The van der Waals surface area contributed by atoms with Crippen LogP contribution in [0.1, 0.15) is 5.56 Å². The van der Waals surface area contributed by atoms with Crippen LogP contribution in [0.4, 0.5) is 11.7 Å². The number of benzene rings is 2. The molecule has 1 aromatic heterocycles. The molecule has 0 spiro atoms. The van der Waals surface area contributed by atoms with Crippen LogP contribution in [0.2, 0.25) is 0 Å². The smallest absolute Gasteiger partial charge is 0.300 e. The van der Waals surface area contributed by atoms with Crippen molar-refractivity contribution < 1.29 is 4.42 Å². The zero-order chi connectivity index (χ0) is 12.5. The maximum atomic E-state index is 5.61. The average Bonchev–Trinajstić information content (AvgIpc) is 2.69. The van der Waals surface area contributed by atoms with E-state index in [4.69, 9.17) is 4.42 Å². The van der Waals surface area contributed by atoms with Crippen LogP contribution in [0.15, 0.2) is 51.4 Å². The maximum absolute atomic E-state index is 5.61. The molecule has 1 N–H and O–H groups in total. The van der Waals surface area contributed by atoms with Gasteiger partial charge in [-0.2, -0.15) is 4.98 Å². The fourth-order valence-corrected chi connectivity index (χ4v) is 2.47. The van der Waals surface area contributed by atoms with Gasteiger partial charge in [-0.1, -0.05) is 28.1 Å². The monoisotopic (exact) mass is 302 g/mol. The third-order valence-corrected chi connectivity index (χ3v) is 3.05. The predicted molar refractivity (Wildman–Crippen MR) is 76.2 cm³/mol. The third-order valence-electron chi connectivity index (χ3n) is 2.59. The van der Waals surface area contributed by atoms with Crippen LogP contribution in [0.25, 0.3) is 11.1 Å². The Labute approximate surface area is 113 Å². The molecular formula is C14H11BrN2O. The van der Waals surface area contributed by atoms with E-state index in [1.165, 1.54) is 5.56 Å². The second-order valence-corrected chi connectivity index (χ2v) is 5.04. The molecule has 3 aromatic rings. The van der Waals surface area contributed by atoms with E-state index in [0.29, 0.717) is 6.01 Å². The zero-order valence-corrected chi connectivity index (χ0v) is 11.4. The summed E-state index contributed by atoms with van der Waals surface area (Å²) in [6, 6.07) is 14.3. The van der Waals surface area contributed by atoms with Gasteiger partial charge in [0.25, 0.3) is 6.01 Å². The first kappa shape index (κ1) is 11.3. The van der Waals surface area contributed by atoms with Gasteiger partial charge < -0.3 is 9.73 Å². The van der Waals surface area contributed by atoms with E-state index in [2.05, 4.69) is 32.3 Å². The van der Waals surface area contributed by atoms with E-state index < -0.39 is 0 Å². The molecule has 0 fully saturated rings. The van der Waals surface area contributed by atoms with Crippen LogP contribution >= 0.6 is 15.9 Å². The topological polar surface area (TPSA) is 38.1 Å². The normalized spacial score (nSPS) is 10.8. The number of fused-ring (bicyclic) bond motifs is 1. The number of aromatic nitrogens is 1. The molecule has 4 heteroatoms. The molecule has 0 bridgehead atoms. The summed E-state index contributed by atoms with van der Waals surface area (Å²) in [7, 11) is 0. The van der Waals surface area contributed by atoms with Crippen molar-refractivity contribution in [3.05, 3.63) is 52.5 Å². The van der Waals surface area contributed by atoms with Crippen molar-refractivity contribution in [1.82, 2.24) is 4.98 Å². The first-order valence-corrected chi connectivity index (χ1v) is 6.40. The van der Waals surface area contributed by atoms with Gasteiger partial charge in [0.15, 0.2) is 5.58 Å². The van der Waals surface area contributed by atoms with E-state index >= 15 is 0 Å². The fourth-order valence-electron chi connectivity index (χ4n) is 1.86. The van der Waals surface area contributed by atoms with Crippen LogP contribution in [-0.2, 0) is 0 Å². The second-order valence-electron chi connectivity index (χ2n) is 4.13. The Balaban J connectivity index is 1.96. The number of anilines is 2. The van der Waals surface area contributed by atoms with Gasteiger partial charge in [-0.25, -0.2) is 0 Å². The Morgan fingerprint density at radius 3 is 2.78 bits per heavy atom. The van der Waals surface area contributed by atoms with E-state index in [-0.39, 0.29) is 0 Å². The summed E-state index contributed by atoms with van der Waals surface area (Å²) in [6.45, 7) is 2.04. The number of nitrogens with one attached hydrogen (secondary N) is 1. The van der Waals surface area contributed by atoms with Gasteiger partial charge in [-0.3, -0.25) is 0 Å². The van der Waals surface area contributed by atoms with Crippen molar-refractivity contribution >= 4 is 38.7 Å². The molecule has 18 heavy (non-hydrogen) atoms. The highest BCUT2D eigenvalue weighted by molar-refractivity contribution is 9.10. The standard InChI is InChI=1S/C14H11BrN2O/c1-9-6-10(15)8-11(7-9)16-14-17-12-4-2-3-5-13(12)18-14/h2-8H,1H3,(H,16,17). The van der Waals surface area contributed by atoms with E-state index in [0.717, 1.165) is 21.3 Å². The number of oxazole rings is 1. The molecule has 0 saturated carbocycles. The molecule has 90 valence electrons. The number of hydrogen-bond donors (Lipinski definition) is 1. The Kier molecular flexibility index (Phi) is 2.80. The first-order chi connectivity index (χ1) is 8.70. The minimum atomic E-state index is 0.508. The number of para-hydroxylation sites is 2. The molecule has 0 aliphatic rings. The molecule has 0 radical (unpaired) electrons. The average molecular weight is 303 g/mol. The van der Waals surface area contributed by atoms with Crippen LogP contribution < -0.4 is 5.32 Å². The molecule has 0 aliphatic carbocycles. The summed E-state index contributed by atoms with van der Waals surface area (Å²) in [5.74, 6) is 0. The van der Waals surface area contributed by atoms with Gasteiger partial charge >= 0.3 is 0 Å². The van der Waals surface area contributed by atoms with Crippen molar-refractivity contribution in [2.45, 2.75) is 6.92 Å². The number of rotatable bonds is 2. The highest BCUT2D eigenvalue weighted by Crippen LogP contribution is 2.24. The van der Waals surface area contributed by atoms with Crippen molar-refractivity contribution in [1.29, 1.82) is 0 Å². The highest BCUT2D eigenvalue weighted by Gasteiger charge is 2.05. The lowest BCUT2D eigenvalue weighted by atomic mass is 10.2. The van der Waals surface area contributed by atoms with Gasteiger partial charge in [-0.05, 0) is 42.8 Å². The summed E-state index contributed by atoms with van der Waals surface area (Å²) >= 11 is 3.47. The maximum Gasteiger partial charge on any atom is 0.300 e. The molecule has 2 aromatic carbocycles. The van der Waals surface area contributed by atoms with Gasteiger partial charge in [0.1, 0.15) is 5.52 Å². The summed E-state index contributed by atoms with van der Waals surface area (Å²) in [4.78, 5) is 4.37. The molecule has 0 amide bonds. The summed E-state index contributed by atoms with van der Waals surface area (Å²) in [5.41, 5.74) is 3.76. The minimum absolute atomic E-state index is 0.508. The van der Waals surface area contributed by atoms with Crippen LogP contribution in [0.3, 0.4) is 0 Å². The molecule has 3 nitrogen and oxygen atoms in total. The quantitative estimate of drug-likeness (QED) is 0.749. The van der Waals surface area contributed by atoms with Crippen LogP contribution in [0.5, 0.6) is 0 Å². The zero-order valence-electron chi connectivity index (χ0n) is 9.77. The van der Waals surface area contributed by atoms with Crippen molar-refractivity contribution in [2.24, 2.45) is 0 Å². The predicted octanol–water partition coefficient (Wildman–Crippen LogP) is 4.64. The Morgan fingerprint density at radius 1 is 1.17 bits per heavy atom. The Hall–Kier alpha value is -1.81. The van der Waals surface area contributed by atoms with E-state index in [1.807, 2.05) is 43.3 Å². The molecule has 1 heterocycles. The van der Waals surface area contributed by atoms with Crippen LogP contribution in [0, 0.1) is 6.92 Å². The van der Waals surface area contributed by atoms with Crippen molar-refractivity contribution in [3.8, 4) is 0 Å². The Bertz CT molecular complexity index is 653. The van der Waals surface area contributed by atoms with E-state index in [1.54, 1.807) is 0 Å². The number of halogens is 1. The van der Waals surface area contributed by atoms with Gasteiger partial charge in [-0.15, -0.1) is 0 Å². The molecule has 0 atom stereocenters. The lowest BCUT2D eigenvalue weighted by Crippen LogP contribution is -1.90. The lowest BCUT2D eigenvalue weighted by Gasteiger charge is -2.03. The van der Waals surface area contributed by atoms with Gasteiger partial charge in [0.2, 0.25) is 0 Å². The van der Waals surface area contributed by atoms with Crippen molar-refractivity contribution in [3.63, 3.8) is 0 Å². The summed E-state index contributed by atoms with van der Waals surface area (Å²) in [5, 5.41) is 3.17. The fraction of sp³-hybridized carbons (Fsp3) is 0.0714. The third kappa shape index (κ3) is 2.24. The number of aryl methyl sites for hydroxylation is 1. The summed E-state index contributed by atoms with van der Waals surface area (Å²) < 4.78 is 6.64. The van der Waals surface area contributed by atoms with Crippen molar-refractivity contribution in [2.75, 3.05) is 5.32 Å². The molecule has 3 rings (SSSR count). The SMILES string of the molecule is Cc1cc(Br)cc(Nc2nc3ccccc3o2)c1. The van der Waals surface area contributed by atoms with E-state index in [9.17, 15) is 0 Å². The summed E-state index contributed by atoms with van der Waals surface area (Å²) in [6.07, 6.45) is 0. The number of hydrogen-bond acceptors (Lipinski definition) is 3. The number of nitrogens with zero attached hydrogens (tertiary/aromatic N) is 1. The molecule has 0 unspecified atom stereocenters. The Morgan fingerprint density at radius 2 is 2.00 bits per heavy atom. The molecule has 0 aliphatic heterocycles. The van der Waals surface area contributed by atoms with Crippen LogP contribution in [-0.4, -0.2) is 4.98 Å². The lowest BCUT2D eigenvalue weighted by molar-refractivity contribution is 0.623. The van der Waals surface area contributed by atoms with Gasteiger partial charge in [0, 0.05) is 10.2 Å². The first-order valence-electron chi connectivity index (χ1n) is 5.60. The second kappa shape index (κ2) is 4.46. The largest absolute Gasteiger partial charge is 0.423 e. The van der Waals surface area contributed by atoms with Gasteiger partial charge in [0.05, 0.1) is 0 Å². The molecule has 0 saturated heterocycles. The minimum Gasteiger partial charge on any atom is -0.423 e. The highest BCUT2D eigenvalue weighted by atomic mass is 79.9. The molecular weight excluding hydrogens is 292 g/mol.